The van der Waals surface area contributed by atoms with Crippen LogP contribution in [0, 0.1) is 5.92 Å². The molecule has 0 saturated heterocycles. The predicted molar refractivity (Wildman–Crippen MR) is 136 cm³/mol. The van der Waals surface area contributed by atoms with Crippen molar-refractivity contribution in [1.82, 2.24) is 20.3 Å². The molecule has 0 spiro atoms. The zero-order valence-electron chi connectivity index (χ0n) is 19.5. The van der Waals surface area contributed by atoms with E-state index in [2.05, 4.69) is 28.6 Å². The first kappa shape index (κ1) is 23.3. The maximum Gasteiger partial charge on any atom is 0.254 e. The van der Waals surface area contributed by atoms with Crippen LogP contribution >= 0.6 is 11.8 Å². The van der Waals surface area contributed by atoms with Crippen molar-refractivity contribution >= 4 is 40.3 Å². The number of amides is 1. The van der Waals surface area contributed by atoms with Gasteiger partial charge >= 0.3 is 0 Å². The molecule has 33 heavy (non-hydrogen) atoms. The Morgan fingerprint density at radius 2 is 1.88 bits per heavy atom. The summed E-state index contributed by atoms with van der Waals surface area (Å²) in [6.45, 7) is 2.77. The van der Waals surface area contributed by atoms with Crippen LogP contribution in [0.3, 0.4) is 0 Å². The van der Waals surface area contributed by atoms with E-state index in [9.17, 15) is 4.79 Å². The van der Waals surface area contributed by atoms with E-state index < -0.39 is 0 Å². The molecule has 1 fully saturated rings. The number of nitrogens with zero attached hydrogens (tertiary/aromatic N) is 4. The lowest BCUT2D eigenvalue weighted by atomic mass is 9.86. The number of nitrogens with one attached hydrogen (secondary N) is 2. The lowest BCUT2D eigenvalue weighted by Crippen LogP contribution is -2.34. The van der Waals surface area contributed by atoms with E-state index in [0.29, 0.717) is 30.0 Å². The van der Waals surface area contributed by atoms with Gasteiger partial charge in [-0.25, -0.2) is 9.97 Å². The minimum absolute atomic E-state index is 0.0277. The third-order valence-electron chi connectivity index (χ3n) is 6.03. The summed E-state index contributed by atoms with van der Waals surface area (Å²) in [6.07, 6.45) is 5.95. The fourth-order valence-corrected chi connectivity index (χ4v) is 5.03. The monoisotopic (exact) mass is 464 g/mol. The van der Waals surface area contributed by atoms with Gasteiger partial charge in [0.15, 0.2) is 0 Å². The van der Waals surface area contributed by atoms with Crippen LogP contribution in [-0.2, 0) is 0 Å². The number of carbonyl (C=O) groups excluding carboxylic acids is 1. The molecule has 2 aromatic heterocycles. The molecule has 7 nitrogen and oxygen atoms in total. The summed E-state index contributed by atoms with van der Waals surface area (Å²) in [5.74, 6) is 2.97. The van der Waals surface area contributed by atoms with Crippen LogP contribution < -0.4 is 15.5 Å². The Bertz CT molecular complexity index is 1100. The van der Waals surface area contributed by atoms with Crippen molar-refractivity contribution in [2.24, 2.45) is 5.92 Å². The standard InChI is InChI=1S/C25H32N6OS/c1-4-33-24-20(9-7-15-26-24)23(32)27-16-17-11-13-18(14-12-17)28-25-29-21-10-6-5-8-19(21)22(30-25)31(2)3/h5-10,15,17-18H,4,11-14,16H2,1-3H3,(H,27,32)(H,28,29,30)/t17-,18+. The topological polar surface area (TPSA) is 83.0 Å². The van der Waals surface area contributed by atoms with Gasteiger partial charge < -0.3 is 15.5 Å². The highest BCUT2D eigenvalue weighted by atomic mass is 32.2. The summed E-state index contributed by atoms with van der Waals surface area (Å²) in [4.78, 5) is 28.6. The van der Waals surface area contributed by atoms with Crippen molar-refractivity contribution in [3.8, 4) is 0 Å². The highest BCUT2D eigenvalue weighted by Crippen LogP contribution is 2.28. The average molecular weight is 465 g/mol. The quantitative estimate of drug-likeness (QED) is 0.471. The van der Waals surface area contributed by atoms with E-state index >= 15 is 0 Å². The molecule has 1 aromatic carbocycles. The summed E-state index contributed by atoms with van der Waals surface area (Å²) >= 11 is 1.60. The van der Waals surface area contributed by atoms with Crippen molar-refractivity contribution in [3.05, 3.63) is 48.2 Å². The Labute approximate surface area is 199 Å². The van der Waals surface area contributed by atoms with Crippen molar-refractivity contribution < 1.29 is 4.79 Å². The molecule has 0 atom stereocenters. The Balaban J connectivity index is 1.31. The summed E-state index contributed by atoms with van der Waals surface area (Å²) in [5, 5.41) is 8.54. The van der Waals surface area contributed by atoms with Gasteiger partial charge in [-0.1, -0.05) is 19.1 Å². The summed E-state index contributed by atoms with van der Waals surface area (Å²) in [6, 6.07) is 12.1. The van der Waals surface area contributed by atoms with Crippen LogP contribution in [0.1, 0.15) is 43.0 Å². The van der Waals surface area contributed by atoms with Gasteiger partial charge in [-0.2, -0.15) is 4.98 Å². The van der Waals surface area contributed by atoms with E-state index in [1.165, 1.54) is 0 Å². The van der Waals surface area contributed by atoms with Gasteiger partial charge in [0.1, 0.15) is 10.8 Å². The van der Waals surface area contributed by atoms with Crippen LogP contribution in [0.15, 0.2) is 47.6 Å². The van der Waals surface area contributed by atoms with E-state index in [0.717, 1.165) is 53.2 Å². The highest BCUT2D eigenvalue weighted by Gasteiger charge is 2.23. The zero-order valence-corrected chi connectivity index (χ0v) is 20.4. The Morgan fingerprint density at radius 1 is 1.09 bits per heavy atom. The van der Waals surface area contributed by atoms with Gasteiger partial charge in [-0.05, 0) is 61.6 Å². The Kier molecular flexibility index (Phi) is 7.65. The lowest BCUT2D eigenvalue weighted by molar-refractivity contribution is 0.0939. The number of rotatable bonds is 8. The number of thioether (sulfide) groups is 1. The number of para-hydroxylation sites is 1. The zero-order chi connectivity index (χ0) is 23.2. The minimum atomic E-state index is -0.0277. The molecular formula is C25H32N6OS. The molecule has 1 aliphatic carbocycles. The Morgan fingerprint density at radius 3 is 2.64 bits per heavy atom. The molecule has 2 N–H and O–H groups in total. The lowest BCUT2D eigenvalue weighted by Gasteiger charge is -2.29. The van der Waals surface area contributed by atoms with Gasteiger partial charge in [0, 0.05) is 38.3 Å². The first-order chi connectivity index (χ1) is 16.0. The smallest absolute Gasteiger partial charge is 0.254 e. The van der Waals surface area contributed by atoms with Crippen molar-refractivity contribution in [1.29, 1.82) is 0 Å². The first-order valence-corrected chi connectivity index (χ1v) is 12.6. The van der Waals surface area contributed by atoms with E-state index in [1.54, 1.807) is 18.0 Å². The molecule has 8 heteroatoms. The van der Waals surface area contributed by atoms with Crippen LogP contribution in [0.4, 0.5) is 11.8 Å². The van der Waals surface area contributed by atoms with Gasteiger partial charge in [0.25, 0.3) is 5.91 Å². The second kappa shape index (κ2) is 10.8. The van der Waals surface area contributed by atoms with E-state index in [-0.39, 0.29) is 5.91 Å². The molecule has 3 aromatic rings. The number of aromatic nitrogens is 3. The molecule has 2 heterocycles. The molecular weight excluding hydrogens is 432 g/mol. The number of benzene rings is 1. The third kappa shape index (κ3) is 5.74. The molecule has 4 rings (SSSR count). The first-order valence-electron chi connectivity index (χ1n) is 11.6. The van der Waals surface area contributed by atoms with Crippen molar-refractivity contribution in [2.45, 2.75) is 43.7 Å². The summed E-state index contributed by atoms with van der Waals surface area (Å²) in [7, 11) is 4.01. The number of hydrogen-bond donors (Lipinski definition) is 2. The van der Waals surface area contributed by atoms with Crippen molar-refractivity contribution in [3.63, 3.8) is 0 Å². The molecule has 174 valence electrons. The third-order valence-corrected chi connectivity index (χ3v) is 6.92. The largest absolute Gasteiger partial charge is 0.362 e. The molecule has 0 aliphatic heterocycles. The van der Waals surface area contributed by atoms with Gasteiger partial charge in [-0.15, -0.1) is 11.8 Å². The fraction of sp³-hybridized carbons (Fsp3) is 0.440. The van der Waals surface area contributed by atoms with Crippen LogP contribution in [0.2, 0.25) is 0 Å². The SMILES string of the molecule is CCSc1ncccc1C(=O)NC[C@H]1CC[C@@H](Nc2nc(N(C)C)c3ccccc3n2)CC1. The molecule has 1 amide bonds. The van der Waals surface area contributed by atoms with Crippen LogP contribution in [-0.4, -0.2) is 53.3 Å². The van der Waals surface area contributed by atoms with E-state index in [4.69, 9.17) is 9.97 Å². The Hall–Kier alpha value is -2.87. The molecule has 0 radical (unpaired) electrons. The number of carbonyl (C=O) groups is 1. The van der Waals surface area contributed by atoms with Crippen LogP contribution in [0.25, 0.3) is 10.9 Å². The number of fused-ring (bicyclic) bond motifs is 1. The van der Waals surface area contributed by atoms with Gasteiger partial charge in [0.2, 0.25) is 5.95 Å². The molecule has 0 unspecified atom stereocenters. The van der Waals surface area contributed by atoms with Crippen LogP contribution in [0.5, 0.6) is 0 Å². The second-order valence-corrected chi connectivity index (χ2v) is 9.90. The summed E-state index contributed by atoms with van der Waals surface area (Å²) in [5.41, 5.74) is 1.62. The maximum absolute atomic E-state index is 12.7. The minimum Gasteiger partial charge on any atom is -0.362 e. The fourth-order valence-electron chi connectivity index (χ4n) is 4.31. The second-order valence-electron chi connectivity index (χ2n) is 8.64. The van der Waals surface area contributed by atoms with Gasteiger partial charge in [0.05, 0.1) is 11.1 Å². The number of hydrogen-bond acceptors (Lipinski definition) is 7. The van der Waals surface area contributed by atoms with E-state index in [1.807, 2.05) is 49.3 Å². The number of anilines is 2. The molecule has 1 saturated carbocycles. The average Bonchev–Trinajstić information content (AvgIpc) is 2.83. The summed E-state index contributed by atoms with van der Waals surface area (Å²) < 4.78 is 0. The normalized spacial score (nSPS) is 18.2. The number of pyridine rings is 1. The molecule has 1 aliphatic rings. The van der Waals surface area contributed by atoms with Crippen molar-refractivity contribution in [2.75, 3.05) is 36.6 Å². The van der Waals surface area contributed by atoms with Gasteiger partial charge in [-0.3, -0.25) is 4.79 Å². The molecule has 0 bridgehead atoms. The highest BCUT2D eigenvalue weighted by molar-refractivity contribution is 7.99. The predicted octanol–water partition coefficient (Wildman–Crippen LogP) is 4.60. The maximum atomic E-state index is 12.7.